The fourth-order valence-corrected chi connectivity index (χ4v) is 2.91. The van der Waals surface area contributed by atoms with Gasteiger partial charge in [-0.05, 0) is 23.8 Å². The predicted molar refractivity (Wildman–Crippen MR) is 82.5 cm³/mol. The quantitative estimate of drug-likeness (QED) is 0.863. The Morgan fingerprint density at radius 2 is 1.82 bits per heavy atom. The van der Waals surface area contributed by atoms with Gasteiger partial charge in [0.25, 0.3) is 0 Å². The van der Waals surface area contributed by atoms with Crippen LogP contribution < -0.4 is 0 Å². The molecule has 116 valence electrons. The normalized spacial score (nSPS) is 11.6. The Morgan fingerprint density at radius 1 is 1.23 bits per heavy atom. The van der Waals surface area contributed by atoms with Crippen LogP contribution in [-0.2, 0) is 10.0 Å². The molecule has 1 heterocycles. The maximum Gasteiger partial charge on any atom is 0.336 e. The molecule has 8 heteroatoms. The number of rotatable bonds is 4. The summed E-state index contributed by atoms with van der Waals surface area (Å²) in [6.45, 7) is 0. The molecule has 0 aliphatic carbocycles. The van der Waals surface area contributed by atoms with Crippen LogP contribution in [0.5, 0.6) is 0 Å². The molecule has 1 aromatic heterocycles. The second kappa shape index (κ2) is 6.04. The number of nitrogens with zero attached hydrogens (tertiary/aromatic N) is 2. The Labute approximate surface area is 133 Å². The van der Waals surface area contributed by atoms with Crippen LogP contribution in [0.15, 0.2) is 41.4 Å². The Kier molecular flexibility index (Phi) is 4.50. The molecule has 0 amide bonds. The van der Waals surface area contributed by atoms with Crippen molar-refractivity contribution >= 4 is 27.6 Å². The summed E-state index contributed by atoms with van der Waals surface area (Å²) in [5, 5.41) is 9.30. The van der Waals surface area contributed by atoms with Gasteiger partial charge in [0, 0.05) is 25.9 Å². The fraction of sp³-hybridized carbons (Fsp3) is 0.143. The van der Waals surface area contributed by atoms with Crippen molar-refractivity contribution in [2.24, 2.45) is 0 Å². The number of carboxylic acids is 1. The van der Waals surface area contributed by atoms with Crippen molar-refractivity contribution in [2.45, 2.75) is 4.90 Å². The summed E-state index contributed by atoms with van der Waals surface area (Å²) < 4.78 is 25.1. The van der Waals surface area contributed by atoms with Crippen LogP contribution in [0, 0.1) is 0 Å². The molecule has 0 bridgehead atoms. The van der Waals surface area contributed by atoms with E-state index in [-0.39, 0.29) is 15.6 Å². The first-order chi connectivity index (χ1) is 10.2. The molecular formula is C14H13ClN2O4S. The van der Waals surface area contributed by atoms with Crippen LogP contribution in [0.1, 0.15) is 10.4 Å². The number of hydrogen-bond acceptors (Lipinski definition) is 4. The first kappa shape index (κ1) is 16.4. The van der Waals surface area contributed by atoms with Crippen molar-refractivity contribution in [1.29, 1.82) is 0 Å². The van der Waals surface area contributed by atoms with Gasteiger partial charge in [0.05, 0.1) is 10.5 Å². The molecule has 2 rings (SSSR count). The number of aromatic carboxylic acids is 1. The monoisotopic (exact) mass is 340 g/mol. The zero-order valence-electron chi connectivity index (χ0n) is 11.8. The molecule has 0 saturated heterocycles. The van der Waals surface area contributed by atoms with Crippen molar-refractivity contribution in [3.05, 3.63) is 47.2 Å². The molecule has 0 radical (unpaired) electrons. The van der Waals surface area contributed by atoms with E-state index in [1.165, 1.54) is 50.6 Å². The van der Waals surface area contributed by atoms with Gasteiger partial charge in [0.15, 0.2) is 0 Å². The van der Waals surface area contributed by atoms with Gasteiger partial charge in [0.2, 0.25) is 10.0 Å². The molecule has 22 heavy (non-hydrogen) atoms. The van der Waals surface area contributed by atoms with Gasteiger partial charge in [-0.1, -0.05) is 23.7 Å². The highest BCUT2D eigenvalue weighted by molar-refractivity contribution is 7.89. The molecule has 0 unspecified atom stereocenters. The third-order valence-corrected chi connectivity index (χ3v) is 5.08. The number of benzene rings is 1. The molecule has 6 nitrogen and oxygen atoms in total. The summed E-state index contributed by atoms with van der Waals surface area (Å²) in [7, 11) is -0.650. The largest absolute Gasteiger partial charge is 0.478 e. The van der Waals surface area contributed by atoms with Crippen molar-refractivity contribution in [2.75, 3.05) is 14.1 Å². The number of sulfonamides is 1. The van der Waals surface area contributed by atoms with Gasteiger partial charge in [-0.15, -0.1) is 0 Å². The van der Waals surface area contributed by atoms with Crippen LogP contribution in [0.3, 0.4) is 0 Å². The Hall–Kier alpha value is -1.96. The lowest BCUT2D eigenvalue weighted by Gasteiger charge is -2.12. The van der Waals surface area contributed by atoms with E-state index in [1.54, 1.807) is 0 Å². The molecular weight excluding hydrogens is 328 g/mol. The second-order valence-corrected chi connectivity index (χ2v) is 7.21. The standard InChI is InChI=1S/C14H13ClN2O4S/c1-17(2)22(20,21)10-5-3-9(4-6-10)12-8-16-13(15)7-11(12)14(18)19/h3-8H,1-2H3,(H,18,19). The highest BCUT2D eigenvalue weighted by Crippen LogP contribution is 2.26. The van der Waals surface area contributed by atoms with Crippen LogP contribution in [-0.4, -0.2) is 42.9 Å². The smallest absolute Gasteiger partial charge is 0.336 e. The second-order valence-electron chi connectivity index (χ2n) is 4.67. The number of aromatic nitrogens is 1. The minimum atomic E-state index is -3.53. The zero-order chi connectivity index (χ0) is 16.5. The van der Waals surface area contributed by atoms with E-state index in [9.17, 15) is 18.3 Å². The van der Waals surface area contributed by atoms with Crippen LogP contribution in [0.25, 0.3) is 11.1 Å². The van der Waals surface area contributed by atoms with E-state index in [0.717, 1.165) is 4.31 Å². The van der Waals surface area contributed by atoms with Gasteiger partial charge in [-0.3, -0.25) is 0 Å². The molecule has 1 aromatic carbocycles. The minimum Gasteiger partial charge on any atom is -0.478 e. The molecule has 0 aliphatic heterocycles. The van der Waals surface area contributed by atoms with E-state index >= 15 is 0 Å². The van der Waals surface area contributed by atoms with Gasteiger partial charge < -0.3 is 5.11 Å². The van der Waals surface area contributed by atoms with Crippen molar-refractivity contribution in [3.8, 4) is 11.1 Å². The first-order valence-corrected chi connectivity index (χ1v) is 7.97. The van der Waals surface area contributed by atoms with E-state index < -0.39 is 16.0 Å². The molecule has 0 atom stereocenters. The number of carbonyl (C=O) groups is 1. The Bertz CT molecular complexity index is 817. The lowest BCUT2D eigenvalue weighted by Crippen LogP contribution is -2.22. The predicted octanol–water partition coefficient (Wildman–Crippen LogP) is 2.35. The van der Waals surface area contributed by atoms with Crippen LogP contribution >= 0.6 is 11.6 Å². The van der Waals surface area contributed by atoms with E-state index in [4.69, 9.17) is 11.6 Å². The van der Waals surface area contributed by atoms with Gasteiger partial charge in [0.1, 0.15) is 5.15 Å². The molecule has 2 aromatic rings. The third-order valence-electron chi connectivity index (χ3n) is 3.04. The van der Waals surface area contributed by atoms with Gasteiger partial charge in [-0.25, -0.2) is 22.5 Å². The SMILES string of the molecule is CN(C)S(=O)(=O)c1ccc(-c2cnc(Cl)cc2C(=O)O)cc1. The summed E-state index contributed by atoms with van der Waals surface area (Å²) in [4.78, 5) is 15.3. The summed E-state index contributed by atoms with van der Waals surface area (Å²) in [6, 6.07) is 7.17. The van der Waals surface area contributed by atoms with Crippen molar-refractivity contribution in [1.82, 2.24) is 9.29 Å². The van der Waals surface area contributed by atoms with E-state index in [0.29, 0.717) is 11.1 Å². The van der Waals surface area contributed by atoms with E-state index in [1.807, 2.05) is 0 Å². The molecule has 0 fully saturated rings. The van der Waals surface area contributed by atoms with Crippen molar-refractivity contribution in [3.63, 3.8) is 0 Å². The van der Waals surface area contributed by atoms with Crippen LogP contribution in [0.2, 0.25) is 5.15 Å². The summed E-state index contributed by atoms with van der Waals surface area (Å²) in [5.74, 6) is -1.13. The number of pyridine rings is 1. The zero-order valence-corrected chi connectivity index (χ0v) is 13.4. The Morgan fingerprint density at radius 3 is 2.32 bits per heavy atom. The first-order valence-electron chi connectivity index (χ1n) is 6.15. The maximum atomic E-state index is 12.0. The molecule has 1 N–H and O–H groups in total. The van der Waals surface area contributed by atoms with E-state index in [2.05, 4.69) is 4.98 Å². The topological polar surface area (TPSA) is 87.6 Å². The summed E-state index contributed by atoms with van der Waals surface area (Å²) >= 11 is 5.71. The average molecular weight is 341 g/mol. The third kappa shape index (κ3) is 3.11. The highest BCUT2D eigenvalue weighted by atomic mass is 35.5. The average Bonchev–Trinajstić information content (AvgIpc) is 2.47. The lowest BCUT2D eigenvalue weighted by atomic mass is 10.0. The van der Waals surface area contributed by atoms with Crippen molar-refractivity contribution < 1.29 is 18.3 Å². The summed E-state index contributed by atoms with van der Waals surface area (Å²) in [6.07, 6.45) is 1.35. The minimum absolute atomic E-state index is 0.00298. The molecule has 0 saturated carbocycles. The molecule has 0 aliphatic rings. The lowest BCUT2D eigenvalue weighted by molar-refractivity contribution is 0.0697. The number of halogens is 1. The van der Waals surface area contributed by atoms with Gasteiger partial charge >= 0.3 is 5.97 Å². The molecule has 0 spiro atoms. The number of carboxylic acid groups (broad SMARTS) is 1. The maximum absolute atomic E-state index is 12.0. The fourth-order valence-electron chi connectivity index (χ4n) is 1.85. The summed E-state index contributed by atoms with van der Waals surface area (Å²) in [5.41, 5.74) is 0.910. The van der Waals surface area contributed by atoms with Gasteiger partial charge in [-0.2, -0.15) is 0 Å². The number of hydrogen-bond donors (Lipinski definition) is 1. The highest BCUT2D eigenvalue weighted by Gasteiger charge is 2.18. The Balaban J connectivity index is 2.51. The van der Waals surface area contributed by atoms with Crippen LogP contribution in [0.4, 0.5) is 0 Å².